The molecular weight excluding hydrogens is 545 g/mol. The van der Waals surface area contributed by atoms with E-state index in [9.17, 15) is 26.4 Å². The van der Waals surface area contributed by atoms with E-state index in [1.165, 1.54) is 61.5 Å². The van der Waals surface area contributed by atoms with E-state index in [-0.39, 0.29) is 62.4 Å². The molecule has 0 aliphatic carbocycles. The van der Waals surface area contributed by atoms with Gasteiger partial charge in [0.05, 0.1) is 32.4 Å². The number of para-hydroxylation sites is 1. The fourth-order valence-electron chi connectivity index (χ4n) is 3.85. The number of carboxylic acid groups (broad SMARTS) is 1. The average Bonchev–Trinajstić information content (AvgIpc) is 2.83. The summed E-state index contributed by atoms with van der Waals surface area (Å²) in [4.78, 5) is 19.0. The highest BCUT2D eigenvalue weighted by atomic mass is 35.5. The molecule has 7 nitrogen and oxygen atoms in total. The molecule has 12 heteroatoms. The molecular formula is C26H20ClF3N2O5S. The van der Waals surface area contributed by atoms with Crippen LogP contribution in [0.5, 0.6) is 11.5 Å². The van der Waals surface area contributed by atoms with Gasteiger partial charge in [-0.1, -0.05) is 29.8 Å². The topological polar surface area (TPSA) is 106 Å². The monoisotopic (exact) mass is 564 g/mol. The first-order chi connectivity index (χ1) is 17.8. The lowest BCUT2D eigenvalue weighted by atomic mass is 10.0. The molecule has 0 radical (unpaired) electrons. The summed E-state index contributed by atoms with van der Waals surface area (Å²) in [7, 11) is -3.75. The second kappa shape index (κ2) is 10.6. The predicted molar refractivity (Wildman–Crippen MR) is 135 cm³/mol. The lowest BCUT2D eigenvalue weighted by molar-refractivity contribution is -0.137. The molecule has 0 amide bonds. The van der Waals surface area contributed by atoms with Crippen LogP contribution >= 0.6 is 11.6 Å². The van der Waals surface area contributed by atoms with Gasteiger partial charge >= 0.3 is 12.1 Å². The number of nitrogens with zero attached hydrogens (tertiary/aromatic N) is 2. The van der Waals surface area contributed by atoms with Crippen LogP contribution in [-0.2, 0) is 20.8 Å². The number of halogens is 4. The Kier molecular flexibility index (Phi) is 7.61. The van der Waals surface area contributed by atoms with E-state index in [0.717, 1.165) is 6.07 Å². The Labute approximate surface area is 220 Å². The average molecular weight is 565 g/mol. The molecule has 0 atom stereocenters. The molecule has 0 spiro atoms. The Morgan fingerprint density at radius 2 is 1.74 bits per heavy atom. The molecule has 1 heterocycles. The molecule has 0 unspecified atom stereocenters. The van der Waals surface area contributed by atoms with Crippen molar-refractivity contribution in [1.29, 1.82) is 0 Å². The number of hydrogen-bond donors (Lipinski definition) is 1. The molecule has 0 aliphatic rings. The summed E-state index contributed by atoms with van der Waals surface area (Å²) in [6.07, 6.45) is -4.93. The van der Waals surface area contributed by atoms with Crippen LogP contribution < -0.4 is 4.74 Å². The van der Waals surface area contributed by atoms with Crippen molar-refractivity contribution in [3.8, 4) is 22.8 Å². The first kappa shape index (κ1) is 27.3. The van der Waals surface area contributed by atoms with Crippen LogP contribution in [0.25, 0.3) is 22.2 Å². The summed E-state index contributed by atoms with van der Waals surface area (Å²) in [5.41, 5.74) is -0.669. The lowest BCUT2D eigenvalue weighted by Gasteiger charge is -2.14. The minimum atomic E-state index is -4.62. The number of aromatic nitrogens is 2. The van der Waals surface area contributed by atoms with E-state index in [0.29, 0.717) is 5.56 Å². The fraction of sp³-hybridized carbons (Fsp3) is 0.192. The van der Waals surface area contributed by atoms with Crippen LogP contribution in [0.4, 0.5) is 13.2 Å². The number of sulfone groups is 1. The number of rotatable bonds is 8. The largest absolute Gasteiger partial charge is 0.481 e. The van der Waals surface area contributed by atoms with Crippen LogP contribution in [0.3, 0.4) is 0 Å². The summed E-state index contributed by atoms with van der Waals surface area (Å²) in [6, 6.07) is 13.9. The van der Waals surface area contributed by atoms with Crippen molar-refractivity contribution in [2.75, 3.05) is 5.75 Å². The SMILES string of the molecule is Cc1nc(-c2cc(Oc3cccc(S(=O)(=O)CCCC(=O)O)c3)ccc2Cl)c2cccc(C(F)(F)F)c2n1. The number of fused-ring (bicyclic) bond motifs is 1. The smallest absolute Gasteiger partial charge is 0.418 e. The molecule has 1 N–H and O–H groups in total. The van der Waals surface area contributed by atoms with Crippen LogP contribution in [0.2, 0.25) is 5.02 Å². The van der Waals surface area contributed by atoms with E-state index in [4.69, 9.17) is 21.4 Å². The molecule has 38 heavy (non-hydrogen) atoms. The number of hydrogen-bond acceptors (Lipinski definition) is 6. The van der Waals surface area contributed by atoms with Gasteiger partial charge in [0.1, 0.15) is 17.3 Å². The molecule has 0 aliphatic heterocycles. The first-order valence-corrected chi connectivity index (χ1v) is 13.2. The van der Waals surface area contributed by atoms with E-state index in [1.807, 2.05) is 0 Å². The van der Waals surface area contributed by atoms with Gasteiger partial charge in [-0.3, -0.25) is 4.79 Å². The molecule has 198 valence electrons. The first-order valence-electron chi connectivity index (χ1n) is 11.2. The Morgan fingerprint density at radius 1 is 1.03 bits per heavy atom. The molecule has 0 saturated heterocycles. The summed E-state index contributed by atoms with van der Waals surface area (Å²) < 4.78 is 71.9. The zero-order valence-corrected chi connectivity index (χ0v) is 21.4. The van der Waals surface area contributed by atoms with Crippen molar-refractivity contribution in [2.45, 2.75) is 30.8 Å². The number of ether oxygens (including phenoxy) is 1. The zero-order chi connectivity index (χ0) is 27.7. The minimum Gasteiger partial charge on any atom is -0.481 e. The van der Waals surface area contributed by atoms with Crippen molar-refractivity contribution in [3.63, 3.8) is 0 Å². The summed E-state index contributed by atoms with van der Waals surface area (Å²) >= 11 is 6.41. The van der Waals surface area contributed by atoms with Gasteiger partial charge in [0.15, 0.2) is 9.84 Å². The molecule has 3 aromatic carbocycles. The van der Waals surface area contributed by atoms with Crippen LogP contribution in [0.15, 0.2) is 65.6 Å². The lowest BCUT2D eigenvalue weighted by Crippen LogP contribution is -2.08. The number of benzene rings is 3. The highest BCUT2D eigenvalue weighted by Gasteiger charge is 2.34. The molecule has 0 bridgehead atoms. The normalized spacial score (nSPS) is 12.0. The third-order valence-corrected chi connectivity index (χ3v) is 7.67. The van der Waals surface area contributed by atoms with Gasteiger partial charge in [0.25, 0.3) is 0 Å². The van der Waals surface area contributed by atoms with Gasteiger partial charge in [-0.05, 0) is 55.8 Å². The third-order valence-electron chi connectivity index (χ3n) is 5.54. The van der Waals surface area contributed by atoms with Crippen molar-refractivity contribution >= 4 is 38.3 Å². The standard InChI is InChI=1S/C26H20ClF3N2O5S/c1-15-31-24(19-7-3-8-21(25(19)32-15)26(28,29)30)20-14-17(10-11-22(20)27)37-16-5-2-6-18(13-16)38(35,36)12-4-9-23(33)34/h2-3,5-8,10-11,13-14H,4,9,12H2,1H3,(H,33,34). The van der Waals surface area contributed by atoms with E-state index >= 15 is 0 Å². The molecule has 0 fully saturated rings. The second-order valence-electron chi connectivity index (χ2n) is 8.35. The number of alkyl halides is 3. The Hall–Kier alpha value is -3.70. The quantitative estimate of drug-likeness (QED) is 0.253. The van der Waals surface area contributed by atoms with Crippen molar-refractivity contribution in [3.05, 3.63) is 77.1 Å². The molecule has 4 rings (SSSR count). The third kappa shape index (κ3) is 6.05. The van der Waals surface area contributed by atoms with Gasteiger partial charge in [-0.25, -0.2) is 18.4 Å². The second-order valence-corrected chi connectivity index (χ2v) is 10.9. The maximum Gasteiger partial charge on any atom is 0.418 e. The molecule has 1 aromatic heterocycles. The maximum absolute atomic E-state index is 13.6. The Balaban J connectivity index is 1.71. The fourth-order valence-corrected chi connectivity index (χ4v) is 5.39. The van der Waals surface area contributed by atoms with Gasteiger partial charge in [0, 0.05) is 17.4 Å². The van der Waals surface area contributed by atoms with Crippen LogP contribution in [0.1, 0.15) is 24.2 Å². The maximum atomic E-state index is 13.6. The molecule has 4 aromatic rings. The number of carboxylic acids is 1. The van der Waals surface area contributed by atoms with Crippen molar-refractivity contribution in [2.24, 2.45) is 0 Å². The van der Waals surface area contributed by atoms with Crippen molar-refractivity contribution in [1.82, 2.24) is 9.97 Å². The van der Waals surface area contributed by atoms with Gasteiger partial charge in [0.2, 0.25) is 0 Å². The van der Waals surface area contributed by atoms with Crippen LogP contribution in [0, 0.1) is 6.92 Å². The molecule has 0 saturated carbocycles. The number of aryl methyl sites for hydroxylation is 1. The predicted octanol–water partition coefficient (Wildman–Crippen LogP) is 6.71. The van der Waals surface area contributed by atoms with Gasteiger partial charge in [-0.15, -0.1) is 0 Å². The minimum absolute atomic E-state index is 0.0355. The Morgan fingerprint density at radius 3 is 2.45 bits per heavy atom. The number of carbonyl (C=O) groups is 1. The van der Waals surface area contributed by atoms with Crippen molar-refractivity contribution < 1.29 is 36.2 Å². The number of aliphatic carboxylic acids is 1. The summed E-state index contributed by atoms with van der Waals surface area (Å²) in [6.45, 7) is 1.48. The van der Waals surface area contributed by atoms with E-state index in [1.54, 1.807) is 0 Å². The van der Waals surface area contributed by atoms with E-state index < -0.39 is 27.5 Å². The zero-order valence-electron chi connectivity index (χ0n) is 19.8. The Bertz CT molecular complexity index is 1640. The highest BCUT2D eigenvalue weighted by Crippen LogP contribution is 2.39. The van der Waals surface area contributed by atoms with Crippen LogP contribution in [-0.4, -0.2) is 35.2 Å². The summed E-state index contributed by atoms with van der Waals surface area (Å²) in [5, 5.41) is 9.12. The van der Waals surface area contributed by atoms with Gasteiger partial charge in [-0.2, -0.15) is 13.2 Å². The van der Waals surface area contributed by atoms with E-state index in [2.05, 4.69) is 9.97 Å². The summed E-state index contributed by atoms with van der Waals surface area (Å²) in [5.74, 6) is -0.889. The van der Waals surface area contributed by atoms with Gasteiger partial charge < -0.3 is 9.84 Å². The highest BCUT2D eigenvalue weighted by molar-refractivity contribution is 7.91.